The third-order valence-corrected chi connectivity index (χ3v) is 5.14. The monoisotopic (exact) mass is 405 g/mol. The Kier molecular flexibility index (Phi) is 5.87. The van der Waals surface area contributed by atoms with Crippen molar-refractivity contribution in [3.63, 3.8) is 0 Å². The normalized spacial score (nSPS) is 11.5. The number of aromatic amines is 1. The second-order valence-electron chi connectivity index (χ2n) is 5.80. The van der Waals surface area contributed by atoms with Crippen LogP contribution in [-0.2, 0) is 14.8 Å². The Morgan fingerprint density at radius 2 is 2.11 bits per heavy atom. The van der Waals surface area contributed by atoms with Crippen LogP contribution in [-0.4, -0.2) is 49.8 Å². The molecular formula is C17H19N5O5S. The molecule has 0 aliphatic carbocycles. The van der Waals surface area contributed by atoms with Crippen molar-refractivity contribution in [1.82, 2.24) is 19.9 Å². The van der Waals surface area contributed by atoms with Gasteiger partial charge in [-0.25, -0.2) is 13.1 Å². The molecule has 0 spiro atoms. The van der Waals surface area contributed by atoms with Gasteiger partial charge in [-0.3, -0.25) is 4.79 Å². The highest BCUT2D eigenvalue weighted by Gasteiger charge is 2.18. The fraction of sp³-hybridized carbons (Fsp3) is 0.235. The van der Waals surface area contributed by atoms with Crippen LogP contribution in [0.5, 0.6) is 0 Å². The highest BCUT2D eigenvalue weighted by Crippen LogP contribution is 2.22. The second-order valence-corrected chi connectivity index (χ2v) is 7.57. The summed E-state index contributed by atoms with van der Waals surface area (Å²) in [6.07, 6.45) is 1.25. The number of hydrogen-bond donors (Lipinski definition) is 3. The predicted octanol–water partition coefficient (Wildman–Crippen LogP) is 1.55. The predicted molar refractivity (Wildman–Crippen MR) is 100 cm³/mol. The van der Waals surface area contributed by atoms with Gasteiger partial charge in [0.25, 0.3) is 5.91 Å². The molecule has 1 aromatic carbocycles. The zero-order chi connectivity index (χ0) is 20.1. The smallest absolute Gasteiger partial charge is 0.272 e. The summed E-state index contributed by atoms with van der Waals surface area (Å²) in [7, 11) is -2.25. The number of ether oxygens (including phenoxy) is 1. The zero-order valence-corrected chi connectivity index (χ0v) is 16.0. The Bertz CT molecular complexity index is 1070. The maximum Gasteiger partial charge on any atom is 0.272 e. The minimum absolute atomic E-state index is 0.0381. The van der Waals surface area contributed by atoms with E-state index in [2.05, 4.69) is 25.2 Å². The molecule has 0 saturated carbocycles. The molecular weight excluding hydrogens is 386 g/mol. The molecule has 3 N–H and O–H groups in total. The maximum absolute atomic E-state index is 12.4. The fourth-order valence-corrected chi connectivity index (χ4v) is 3.37. The van der Waals surface area contributed by atoms with Gasteiger partial charge in [-0.15, -0.1) is 10.2 Å². The van der Waals surface area contributed by atoms with Crippen molar-refractivity contribution in [1.29, 1.82) is 0 Å². The first-order chi connectivity index (χ1) is 13.4. The first kappa shape index (κ1) is 19.7. The van der Waals surface area contributed by atoms with E-state index in [1.165, 1.54) is 19.4 Å². The molecule has 2 aromatic heterocycles. The van der Waals surface area contributed by atoms with Crippen molar-refractivity contribution < 1.29 is 22.4 Å². The number of carbonyl (C=O) groups excluding carboxylic acids is 1. The number of methoxy groups -OCH3 is 1. The molecule has 10 nitrogen and oxygen atoms in total. The van der Waals surface area contributed by atoms with Gasteiger partial charge < -0.3 is 19.5 Å². The molecule has 0 saturated heterocycles. The van der Waals surface area contributed by atoms with Crippen LogP contribution in [0.4, 0.5) is 5.69 Å². The average molecular weight is 405 g/mol. The highest BCUT2D eigenvalue weighted by atomic mass is 32.2. The lowest BCUT2D eigenvalue weighted by Gasteiger charge is -2.05. The highest BCUT2D eigenvalue weighted by molar-refractivity contribution is 7.89. The molecule has 148 valence electrons. The number of amides is 1. The van der Waals surface area contributed by atoms with E-state index in [0.29, 0.717) is 23.0 Å². The number of nitrogens with one attached hydrogen (secondary N) is 3. The van der Waals surface area contributed by atoms with Crippen LogP contribution in [0.1, 0.15) is 16.4 Å². The molecule has 2 heterocycles. The third kappa shape index (κ3) is 4.63. The summed E-state index contributed by atoms with van der Waals surface area (Å²) in [6.45, 7) is 2.06. The van der Waals surface area contributed by atoms with Crippen LogP contribution in [0, 0.1) is 6.92 Å². The van der Waals surface area contributed by atoms with E-state index in [4.69, 9.17) is 9.15 Å². The second kappa shape index (κ2) is 8.33. The Morgan fingerprint density at radius 3 is 2.82 bits per heavy atom. The lowest BCUT2D eigenvalue weighted by atomic mass is 10.2. The number of rotatable bonds is 8. The molecule has 0 bridgehead atoms. The van der Waals surface area contributed by atoms with Gasteiger partial charge in [-0.05, 0) is 24.3 Å². The fourth-order valence-electron chi connectivity index (χ4n) is 2.36. The molecule has 0 aliphatic rings. The van der Waals surface area contributed by atoms with Gasteiger partial charge in [0.2, 0.25) is 21.8 Å². The molecule has 0 atom stereocenters. The van der Waals surface area contributed by atoms with Crippen molar-refractivity contribution in [3.05, 3.63) is 48.1 Å². The summed E-state index contributed by atoms with van der Waals surface area (Å²) >= 11 is 0. The lowest BCUT2D eigenvalue weighted by Crippen LogP contribution is -2.26. The SMILES string of the molecule is COCCNS(=O)(=O)c1c[nH]c(C(=O)Nc2cccc(-c3nnc(C)o3)c2)c1. The molecule has 0 fully saturated rings. The van der Waals surface area contributed by atoms with Crippen molar-refractivity contribution in [3.8, 4) is 11.5 Å². The van der Waals surface area contributed by atoms with E-state index in [9.17, 15) is 13.2 Å². The molecule has 3 rings (SSSR count). The Labute approximate surface area is 161 Å². The van der Waals surface area contributed by atoms with Gasteiger partial charge in [0.1, 0.15) is 10.6 Å². The number of aromatic nitrogens is 3. The molecule has 11 heteroatoms. The molecule has 0 radical (unpaired) electrons. The van der Waals surface area contributed by atoms with E-state index in [1.807, 2.05) is 0 Å². The minimum atomic E-state index is -3.73. The number of benzene rings is 1. The number of carbonyl (C=O) groups is 1. The quantitative estimate of drug-likeness (QED) is 0.483. The van der Waals surface area contributed by atoms with Crippen LogP contribution in [0.3, 0.4) is 0 Å². The first-order valence-electron chi connectivity index (χ1n) is 8.28. The van der Waals surface area contributed by atoms with Crippen molar-refractivity contribution in [2.24, 2.45) is 0 Å². The Hall–Kier alpha value is -3.02. The Morgan fingerprint density at radius 1 is 1.29 bits per heavy atom. The van der Waals surface area contributed by atoms with Crippen molar-refractivity contribution in [2.75, 3.05) is 25.6 Å². The van der Waals surface area contributed by atoms with Gasteiger partial charge in [0.05, 0.1) is 6.61 Å². The number of nitrogens with zero attached hydrogens (tertiary/aromatic N) is 2. The summed E-state index contributed by atoms with van der Waals surface area (Å²) in [4.78, 5) is 15.1. The van der Waals surface area contributed by atoms with Crippen LogP contribution in [0.15, 0.2) is 45.8 Å². The number of anilines is 1. The summed E-state index contributed by atoms with van der Waals surface area (Å²) < 4.78 is 36.9. The zero-order valence-electron chi connectivity index (χ0n) is 15.2. The molecule has 0 aliphatic heterocycles. The van der Waals surface area contributed by atoms with Gasteiger partial charge in [0.15, 0.2) is 0 Å². The van der Waals surface area contributed by atoms with Crippen LogP contribution < -0.4 is 10.0 Å². The van der Waals surface area contributed by atoms with Gasteiger partial charge in [0, 0.05) is 38.0 Å². The summed E-state index contributed by atoms with van der Waals surface area (Å²) in [5, 5.41) is 10.4. The van der Waals surface area contributed by atoms with E-state index >= 15 is 0 Å². The van der Waals surface area contributed by atoms with Crippen LogP contribution in [0.25, 0.3) is 11.5 Å². The van der Waals surface area contributed by atoms with Gasteiger partial charge in [-0.1, -0.05) is 6.07 Å². The maximum atomic E-state index is 12.4. The summed E-state index contributed by atoms with van der Waals surface area (Å²) in [5.41, 5.74) is 1.25. The first-order valence-corrected chi connectivity index (χ1v) is 9.76. The number of sulfonamides is 1. The van der Waals surface area contributed by atoms with Crippen molar-refractivity contribution >= 4 is 21.6 Å². The van der Waals surface area contributed by atoms with Gasteiger partial charge >= 0.3 is 0 Å². The van der Waals surface area contributed by atoms with Crippen molar-refractivity contribution in [2.45, 2.75) is 11.8 Å². The molecule has 28 heavy (non-hydrogen) atoms. The number of hydrogen-bond acceptors (Lipinski definition) is 7. The number of aryl methyl sites for hydroxylation is 1. The average Bonchev–Trinajstić information content (AvgIpc) is 3.32. The molecule has 0 unspecified atom stereocenters. The Balaban J connectivity index is 1.71. The molecule has 3 aromatic rings. The van der Waals surface area contributed by atoms with E-state index in [-0.39, 0.29) is 23.7 Å². The van der Waals surface area contributed by atoms with Crippen LogP contribution in [0.2, 0.25) is 0 Å². The topological polar surface area (TPSA) is 139 Å². The summed E-state index contributed by atoms with van der Waals surface area (Å²) in [5.74, 6) is 0.282. The third-order valence-electron chi connectivity index (χ3n) is 3.70. The summed E-state index contributed by atoms with van der Waals surface area (Å²) in [6, 6.07) is 8.13. The van der Waals surface area contributed by atoms with Gasteiger partial charge in [-0.2, -0.15) is 0 Å². The molecule has 1 amide bonds. The standard InChI is InChI=1S/C17H19N5O5S/c1-11-21-22-17(27-11)12-4-3-5-13(8-12)20-16(23)15-9-14(10-18-15)28(24,25)19-6-7-26-2/h3-5,8-10,18-19H,6-7H2,1-2H3,(H,20,23). The lowest BCUT2D eigenvalue weighted by molar-refractivity contribution is 0.102. The van der Waals surface area contributed by atoms with E-state index in [1.54, 1.807) is 31.2 Å². The number of H-pyrrole nitrogens is 1. The largest absolute Gasteiger partial charge is 0.421 e. The van der Waals surface area contributed by atoms with E-state index < -0.39 is 15.9 Å². The minimum Gasteiger partial charge on any atom is -0.421 e. The van der Waals surface area contributed by atoms with Crippen LogP contribution >= 0.6 is 0 Å². The van der Waals surface area contributed by atoms with E-state index in [0.717, 1.165) is 0 Å².